The molecule has 2 rings (SSSR count). The average Bonchev–Trinajstić information content (AvgIpc) is 2.79. The summed E-state index contributed by atoms with van der Waals surface area (Å²) in [6.07, 6.45) is 0. The number of hydrazine groups is 1. The van der Waals surface area contributed by atoms with E-state index in [0.29, 0.717) is 24.5 Å². The molecule has 1 saturated heterocycles. The highest BCUT2D eigenvalue weighted by atomic mass is 32.1. The number of carbonyl (C=O) groups excluding carboxylic acids is 2. The number of amides is 3. The molecule has 130 valence electrons. The Morgan fingerprint density at radius 2 is 1.96 bits per heavy atom. The van der Waals surface area contributed by atoms with Crippen molar-refractivity contribution in [1.82, 2.24) is 21.1 Å². The number of carbonyl (C=O) groups is 2. The maximum absolute atomic E-state index is 12.7. The third-order valence-corrected chi connectivity index (χ3v) is 3.90. The van der Waals surface area contributed by atoms with Crippen molar-refractivity contribution < 1.29 is 19.1 Å². The summed E-state index contributed by atoms with van der Waals surface area (Å²) < 4.78 is 10.00. The smallest absolute Gasteiger partial charge is 0.344 e. The molecule has 1 atom stereocenters. The van der Waals surface area contributed by atoms with E-state index in [2.05, 4.69) is 16.1 Å². The van der Waals surface area contributed by atoms with Crippen molar-refractivity contribution in [1.29, 1.82) is 0 Å². The van der Waals surface area contributed by atoms with Gasteiger partial charge in [0.15, 0.2) is 5.11 Å². The fourth-order valence-electron chi connectivity index (χ4n) is 2.27. The minimum absolute atomic E-state index is 0.162. The monoisotopic (exact) mass is 352 g/mol. The number of hydrogen-bond acceptors (Lipinski definition) is 5. The first-order valence-electron chi connectivity index (χ1n) is 7.27. The predicted octanol–water partition coefficient (Wildman–Crippen LogP) is 0.488. The number of rotatable bonds is 6. The van der Waals surface area contributed by atoms with Gasteiger partial charge in [-0.3, -0.25) is 10.2 Å². The highest BCUT2D eigenvalue weighted by Crippen LogP contribution is 2.29. The summed E-state index contributed by atoms with van der Waals surface area (Å²) in [5.41, 5.74) is 2.06. The summed E-state index contributed by atoms with van der Waals surface area (Å²) in [5, 5.41) is 6.55. The molecule has 0 saturated carbocycles. The summed E-state index contributed by atoms with van der Waals surface area (Å²) in [6, 6.07) is 6.35. The first kappa shape index (κ1) is 18.0. The molecule has 1 aliphatic heterocycles. The fourth-order valence-corrected chi connectivity index (χ4v) is 2.46. The first-order valence-corrected chi connectivity index (χ1v) is 7.68. The average molecular weight is 352 g/mol. The molecular weight excluding hydrogens is 332 g/mol. The molecule has 0 aromatic heterocycles. The summed E-state index contributed by atoms with van der Waals surface area (Å²) in [7, 11) is 3.12. The molecule has 0 bridgehead atoms. The van der Waals surface area contributed by atoms with Gasteiger partial charge < -0.3 is 20.1 Å². The number of urea groups is 1. The molecular formula is C15H20N4O4S. The molecule has 0 unspecified atom stereocenters. The number of thiocarbonyl (C=S) groups is 1. The zero-order valence-corrected chi connectivity index (χ0v) is 14.5. The molecule has 24 heavy (non-hydrogen) atoms. The zero-order valence-electron chi connectivity index (χ0n) is 13.7. The van der Waals surface area contributed by atoms with Crippen molar-refractivity contribution in [2.75, 3.05) is 27.4 Å². The van der Waals surface area contributed by atoms with E-state index in [0.717, 1.165) is 5.01 Å². The maximum Gasteiger partial charge on any atom is 0.344 e. The molecule has 9 heteroatoms. The number of hydrogen-bond donors (Lipinski definition) is 3. The van der Waals surface area contributed by atoms with Crippen molar-refractivity contribution in [3.8, 4) is 5.75 Å². The van der Waals surface area contributed by atoms with Crippen LogP contribution in [0.3, 0.4) is 0 Å². The number of benzene rings is 1. The molecule has 0 aliphatic carbocycles. The molecule has 1 fully saturated rings. The Labute approximate surface area is 145 Å². The lowest BCUT2D eigenvalue weighted by Crippen LogP contribution is -2.51. The molecule has 1 heterocycles. The number of nitrogens with zero attached hydrogens (tertiary/aromatic N) is 1. The SMILES string of the molecule is COCCNC(=S)NN1C(=O)N[C@](C)(c2ccc(OC)cc2)C1=O. The summed E-state index contributed by atoms with van der Waals surface area (Å²) in [5.74, 6) is 0.214. The summed E-state index contributed by atoms with van der Waals surface area (Å²) in [6.45, 7) is 2.55. The van der Waals surface area contributed by atoms with Gasteiger partial charge in [0.25, 0.3) is 5.91 Å². The van der Waals surface area contributed by atoms with Gasteiger partial charge in [0, 0.05) is 13.7 Å². The predicted molar refractivity (Wildman–Crippen MR) is 91.3 cm³/mol. The number of methoxy groups -OCH3 is 2. The van der Waals surface area contributed by atoms with Crippen LogP contribution in [-0.4, -0.2) is 49.4 Å². The molecule has 1 aliphatic rings. The Hall–Kier alpha value is -2.39. The van der Waals surface area contributed by atoms with Crippen LogP contribution < -0.4 is 20.8 Å². The van der Waals surface area contributed by atoms with Crippen LogP contribution in [0.2, 0.25) is 0 Å². The molecule has 3 N–H and O–H groups in total. The Morgan fingerprint density at radius 1 is 1.29 bits per heavy atom. The number of nitrogens with one attached hydrogen (secondary N) is 3. The van der Waals surface area contributed by atoms with Crippen LogP contribution >= 0.6 is 12.2 Å². The van der Waals surface area contributed by atoms with Gasteiger partial charge in [0.05, 0.1) is 13.7 Å². The van der Waals surface area contributed by atoms with Gasteiger partial charge in [-0.05, 0) is 36.8 Å². The van der Waals surface area contributed by atoms with E-state index in [1.54, 1.807) is 45.4 Å². The van der Waals surface area contributed by atoms with E-state index < -0.39 is 17.5 Å². The second-order valence-corrected chi connectivity index (χ2v) is 5.69. The topological polar surface area (TPSA) is 91.9 Å². The van der Waals surface area contributed by atoms with E-state index in [-0.39, 0.29) is 5.11 Å². The lowest BCUT2D eigenvalue weighted by molar-refractivity contribution is -0.132. The van der Waals surface area contributed by atoms with Crippen molar-refractivity contribution in [3.05, 3.63) is 29.8 Å². The second kappa shape index (κ2) is 7.45. The first-order chi connectivity index (χ1) is 11.4. The number of imide groups is 1. The second-order valence-electron chi connectivity index (χ2n) is 5.28. The van der Waals surface area contributed by atoms with Crippen LogP contribution in [0.5, 0.6) is 5.75 Å². The van der Waals surface area contributed by atoms with Crippen LogP contribution in [0.15, 0.2) is 24.3 Å². The van der Waals surface area contributed by atoms with Gasteiger partial charge in [0.2, 0.25) is 0 Å². The Bertz CT molecular complexity index is 637. The van der Waals surface area contributed by atoms with E-state index >= 15 is 0 Å². The lowest BCUT2D eigenvalue weighted by Gasteiger charge is -2.22. The molecule has 3 amide bonds. The quantitative estimate of drug-likeness (QED) is 0.390. The Morgan fingerprint density at radius 3 is 2.54 bits per heavy atom. The van der Waals surface area contributed by atoms with Crippen LogP contribution in [0.4, 0.5) is 4.79 Å². The third-order valence-electron chi connectivity index (χ3n) is 3.66. The molecule has 1 aromatic carbocycles. The Balaban J connectivity index is 2.10. The van der Waals surface area contributed by atoms with Crippen molar-refractivity contribution >= 4 is 29.3 Å². The lowest BCUT2D eigenvalue weighted by atomic mass is 9.92. The van der Waals surface area contributed by atoms with Gasteiger partial charge in [-0.15, -0.1) is 0 Å². The van der Waals surface area contributed by atoms with E-state index in [4.69, 9.17) is 21.7 Å². The minimum Gasteiger partial charge on any atom is -0.497 e. The highest BCUT2D eigenvalue weighted by Gasteiger charge is 2.49. The minimum atomic E-state index is -1.18. The van der Waals surface area contributed by atoms with Gasteiger partial charge in [-0.1, -0.05) is 12.1 Å². The van der Waals surface area contributed by atoms with Crippen LogP contribution in [0, 0.1) is 0 Å². The van der Waals surface area contributed by atoms with Gasteiger partial charge in [-0.25, -0.2) is 4.79 Å². The summed E-state index contributed by atoms with van der Waals surface area (Å²) in [4.78, 5) is 24.9. The van der Waals surface area contributed by atoms with Crippen molar-refractivity contribution in [3.63, 3.8) is 0 Å². The van der Waals surface area contributed by atoms with Crippen LogP contribution in [0.1, 0.15) is 12.5 Å². The molecule has 0 spiro atoms. The van der Waals surface area contributed by atoms with Gasteiger partial charge >= 0.3 is 6.03 Å². The molecule has 0 radical (unpaired) electrons. The third kappa shape index (κ3) is 3.57. The largest absolute Gasteiger partial charge is 0.497 e. The number of ether oxygens (including phenoxy) is 2. The standard InChI is InChI=1S/C15H20N4O4S/c1-15(10-4-6-11(23-3)7-5-10)12(20)19(14(21)17-15)18-13(24)16-8-9-22-2/h4-7H,8-9H2,1-3H3,(H,17,21)(H2,16,18,24)/t15-/m1/s1. The summed E-state index contributed by atoms with van der Waals surface area (Å²) >= 11 is 5.07. The van der Waals surface area contributed by atoms with Gasteiger partial charge in [0.1, 0.15) is 11.3 Å². The van der Waals surface area contributed by atoms with Crippen LogP contribution in [0.25, 0.3) is 0 Å². The Kier molecular flexibility index (Phi) is 5.58. The molecule has 1 aromatic rings. The van der Waals surface area contributed by atoms with Crippen molar-refractivity contribution in [2.24, 2.45) is 0 Å². The highest BCUT2D eigenvalue weighted by molar-refractivity contribution is 7.80. The zero-order chi connectivity index (χ0) is 17.7. The fraction of sp³-hybridized carbons (Fsp3) is 0.400. The van der Waals surface area contributed by atoms with E-state index in [1.165, 1.54) is 0 Å². The maximum atomic E-state index is 12.7. The van der Waals surface area contributed by atoms with E-state index in [9.17, 15) is 9.59 Å². The van der Waals surface area contributed by atoms with Crippen LogP contribution in [-0.2, 0) is 15.1 Å². The molecule has 8 nitrogen and oxygen atoms in total. The van der Waals surface area contributed by atoms with Crippen molar-refractivity contribution in [2.45, 2.75) is 12.5 Å². The normalized spacial score (nSPS) is 19.9. The van der Waals surface area contributed by atoms with E-state index in [1.807, 2.05) is 0 Å². The van der Waals surface area contributed by atoms with Gasteiger partial charge in [-0.2, -0.15) is 5.01 Å².